The van der Waals surface area contributed by atoms with Crippen molar-refractivity contribution in [2.24, 2.45) is 0 Å². The quantitative estimate of drug-likeness (QED) is 0.237. The summed E-state index contributed by atoms with van der Waals surface area (Å²) < 4.78 is 1.36. The summed E-state index contributed by atoms with van der Waals surface area (Å²) >= 11 is 0. The zero-order valence-electron chi connectivity index (χ0n) is 15.9. The molecule has 0 aromatic rings. The zero-order chi connectivity index (χ0) is 16.0. The molecule has 0 aromatic carbocycles. The molecule has 0 N–H and O–H groups in total. The Kier molecular flexibility index (Phi) is 13.6. The third-order valence-corrected chi connectivity index (χ3v) is 5.70. The number of nitrogens with zero attached hydrogens (tertiary/aromatic N) is 1. The lowest BCUT2D eigenvalue weighted by Crippen LogP contribution is -2.55. The number of hydrogen-bond acceptors (Lipinski definition) is 0. The largest absolute Gasteiger partial charge is 0.322 e. The number of unbranched alkanes of at least 4 members (excludes halogenated alkanes) is 7. The van der Waals surface area contributed by atoms with Crippen molar-refractivity contribution < 1.29 is 4.48 Å². The Labute approximate surface area is 136 Å². The van der Waals surface area contributed by atoms with Gasteiger partial charge in [0.2, 0.25) is 0 Å². The monoisotopic (exact) mass is 298 g/mol. The zero-order valence-corrected chi connectivity index (χ0v) is 15.9. The smallest absolute Gasteiger partial charge is 0.0890 e. The highest BCUT2D eigenvalue weighted by atomic mass is 15.4. The van der Waals surface area contributed by atoms with Crippen molar-refractivity contribution in [3.8, 4) is 0 Å². The van der Waals surface area contributed by atoms with Crippen molar-refractivity contribution in [3.63, 3.8) is 0 Å². The molecule has 0 amide bonds. The van der Waals surface area contributed by atoms with E-state index in [1.54, 1.807) is 0 Å². The Bertz CT molecular complexity index is 200. The molecule has 0 aliphatic heterocycles. The van der Waals surface area contributed by atoms with Gasteiger partial charge in [0.25, 0.3) is 0 Å². The fraction of sp³-hybridized carbons (Fsp3) is 1.00. The summed E-state index contributed by atoms with van der Waals surface area (Å²) in [6, 6.07) is 0.917. The molecule has 1 atom stereocenters. The van der Waals surface area contributed by atoms with Gasteiger partial charge in [0.05, 0.1) is 25.7 Å². The molecule has 128 valence electrons. The highest BCUT2D eigenvalue weighted by molar-refractivity contribution is 4.62. The van der Waals surface area contributed by atoms with E-state index in [2.05, 4.69) is 34.6 Å². The van der Waals surface area contributed by atoms with Crippen LogP contribution in [0, 0.1) is 0 Å². The minimum atomic E-state index is 0.917. The van der Waals surface area contributed by atoms with Crippen LogP contribution in [0.15, 0.2) is 0 Å². The minimum absolute atomic E-state index is 0.917. The molecule has 1 heteroatoms. The van der Waals surface area contributed by atoms with E-state index < -0.39 is 0 Å². The molecule has 0 aromatic heterocycles. The summed E-state index contributed by atoms with van der Waals surface area (Å²) in [7, 11) is 0. The van der Waals surface area contributed by atoms with Gasteiger partial charge in [-0.2, -0.15) is 0 Å². The Balaban J connectivity index is 4.17. The minimum Gasteiger partial charge on any atom is -0.322 e. The summed E-state index contributed by atoms with van der Waals surface area (Å²) in [5.41, 5.74) is 0. The molecule has 0 saturated carbocycles. The predicted molar refractivity (Wildman–Crippen MR) is 97.8 cm³/mol. The van der Waals surface area contributed by atoms with E-state index in [-0.39, 0.29) is 0 Å². The number of quaternary nitrogens is 1. The Morgan fingerprint density at radius 2 is 0.952 bits per heavy atom. The Morgan fingerprint density at radius 3 is 1.43 bits per heavy atom. The van der Waals surface area contributed by atoms with E-state index in [4.69, 9.17) is 0 Å². The molecular weight excluding hydrogens is 254 g/mol. The lowest BCUT2D eigenvalue weighted by atomic mass is 9.97. The van der Waals surface area contributed by atoms with Crippen LogP contribution in [0.25, 0.3) is 0 Å². The molecule has 0 bridgehead atoms. The second-order valence-corrected chi connectivity index (χ2v) is 6.87. The first-order valence-electron chi connectivity index (χ1n) is 10.1. The molecule has 0 fully saturated rings. The van der Waals surface area contributed by atoms with E-state index in [9.17, 15) is 0 Å². The van der Waals surface area contributed by atoms with Gasteiger partial charge in [0, 0.05) is 0 Å². The van der Waals surface area contributed by atoms with Crippen LogP contribution in [0.4, 0.5) is 0 Å². The average Bonchev–Trinajstić information content (AvgIpc) is 2.52. The standard InChI is InChI=1S/C20H44N/c1-6-11-13-14-15-16-17-19-20(18-12-7-2)21(8-3,9-4)10-5/h20H,6-19H2,1-5H3/q+1. The maximum absolute atomic E-state index is 2.40. The molecule has 0 rings (SSSR count). The fourth-order valence-electron chi connectivity index (χ4n) is 3.91. The highest BCUT2D eigenvalue weighted by Crippen LogP contribution is 2.24. The van der Waals surface area contributed by atoms with Gasteiger partial charge in [-0.3, -0.25) is 0 Å². The maximum Gasteiger partial charge on any atom is 0.0890 e. The fourth-order valence-corrected chi connectivity index (χ4v) is 3.91. The summed E-state index contributed by atoms with van der Waals surface area (Å²) in [6.07, 6.45) is 15.8. The normalized spacial score (nSPS) is 13.6. The molecule has 1 nitrogen and oxygen atoms in total. The average molecular weight is 299 g/mol. The lowest BCUT2D eigenvalue weighted by Gasteiger charge is -2.43. The van der Waals surface area contributed by atoms with Crippen LogP contribution in [-0.2, 0) is 0 Å². The van der Waals surface area contributed by atoms with Gasteiger partial charge in [0.1, 0.15) is 0 Å². The van der Waals surface area contributed by atoms with Gasteiger partial charge >= 0.3 is 0 Å². The number of rotatable bonds is 15. The third-order valence-electron chi connectivity index (χ3n) is 5.70. The van der Waals surface area contributed by atoms with Gasteiger partial charge in [-0.1, -0.05) is 58.8 Å². The van der Waals surface area contributed by atoms with Crippen LogP contribution < -0.4 is 0 Å². The summed E-state index contributed by atoms with van der Waals surface area (Å²) in [5.74, 6) is 0. The van der Waals surface area contributed by atoms with Crippen LogP contribution in [0.2, 0.25) is 0 Å². The van der Waals surface area contributed by atoms with Gasteiger partial charge in [-0.05, 0) is 46.5 Å². The van der Waals surface area contributed by atoms with Crippen LogP contribution in [-0.4, -0.2) is 30.2 Å². The Hall–Kier alpha value is -0.0400. The second kappa shape index (κ2) is 13.6. The van der Waals surface area contributed by atoms with Crippen molar-refractivity contribution in [2.45, 2.75) is 111 Å². The van der Waals surface area contributed by atoms with E-state index in [1.165, 1.54) is 94.7 Å². The molecule has 21 heavy (non-hydrogen) atoms. The van der Waals surface area contributed by atoms with Crippen molar-refractivity contribution >= 4 is 0 Å². The first-order valence-corrected chi connectivity index (χ1v) is 10.1. The topological polar surface area (TPSA) is 0 Å². The van der Waals surface area contributed by atoms with Crippen LogP contribution in [0.5, 0.6) is 0 Å². The van der Waals surface area contributed by atoms with Crippen molar-refractivity contribution in [1.29, 1.82) is 0 Å². The van der Waals surface area contributed by atoms with Gasteiger partial charge in [-0.15, -0.1) is 0 Å². The number of hydrogen-bond donors (Lipinski definition) is 0. The van der Waals surface area contributed by atoms with Crippen molar-refractivity contribution in [1.82, 2.24) is 0 Å². The van der Waals surface area contributed by atoms with E-state index in [0.717, 1.165) is 6.04 Å². The summed E-state index contributed by atoms with van der Waals surface area (Å²) in [6.45, 7) is 15.8. The highest BCUT2D eigenvalue weighted by Gasteiger charge is 2.31. The van der Waals surface area contributed by atoms with Crippen LogP contribution >= 0.6 is 0 Å². The molecule has 0 radical (unpaired) electrons. The van der Waals surface area contributed by atoms with E-state index in [0.29, 0.717) is 0 Å². The second-order valence-electron chi connectivity index (χ2n) is 6.87. The molecular formula is C20H44N+. The Morgan fingerprint density at radius 1 is 0.524 bits per heavy atom. The van der Waals surface area contributed by atoms with Crippen molar-refractivity contribution in [2.75, 3.05) is 19.6 Å². The van der Waals surface area contributed by atoms with Crippen LogP contribution in [0.1, 0.15) is 105 Å². The van der Waals surface area contributed by atoms with Gasteiger partial charge < -0.3 is 4.48 Å². The molecule has 1 unspecified atom stereocenters. The SMILES string of the molecule is CCCCCCCCCC(CCCC)[N+](CC)(CC)CC. The van der Waals surface area contributed by atoms with Crippen LogP contribution in [0.3, 0.4) is 0 Å². The molecule has 0 saturated heterocycles. The van der Waals surface area contributed by atoms with E-state index in [1.807, 2.05) is 0 Å². The van der Waals surface area contributed by atoms with Crippen molar-refractivity contribution in [3.05, 3.63) is 0 Å². The summed E-state index contributed by atoms with van der Waals surface area (Å²) in [4.78, 5) is 0. The first-order chi connectivity index (χ1) is 10.2. The molecule has 0 spiro atoms. The summed E-state index contributed by atoms with van der Waals surface area (Å²) in [5, 5.41) is 0. The molecule has 0 aliphatic carbocycles. The lowest BCUT2D eigenvalue weighted by molar-refractivity contribution is -0.947. The predicted octanol–water partition coefficient (Wildman–Crippen LogP) is 6.56. The van der Waals surface area contributed by atoms with Gasteiger partial charge in [-0.25, -0.2) is 0 Å². The van der Waals surface area contributed by atoms with E-state index >= 15 is 0 Å². The molecule has 0 heterocycles. The van der Waals surface area contributed by atoms with Gasteiger partial charge in [0.15, 0.2) is 0 Å². The third kappa shape index (κ3) is 8.24. The first kappa shape index (κ1) is 21.0. The maximum atomic E-state index is 2.40. The molecule has 0 aliphatic rings.